The zero-order valence-corrected chi connectivity index (χ0v) is 9.78. The topological polar surface area (TPSA) is 82.5 Å². The molecule has 1 aromatic heterocycles. The van der Waals surface area contributed by atoms with Gasteiger partial charge in [0.05, 0.1) is 0 Å². The first-order valence-electron chi connectivity index (χ1n) is 4.47. The Morgan fingerprint density at radius 1 is 1.12 bits per heavy atom. The van der Waals surface area contributed by atoms with E-state index in [9.17, 15) is 0 Å². The van der Waals surface area contributed by atoms with Gasteiger partial charge >= 0.3 is 0 Å². The Bertz CT molecular complexity index is 570. The number of nitrogens with two attached hydrogens (primary N) is 1. The van der Waals surface area contributed by atoms with Crippen LogP contribution in [0.5, 0.6) is 0 Å². The Kier molecular flexibility index (Phi) is 2.97. The maximum Gasteiger partial charge on any atom is 0.209 e. The molecule has 7 heteroatoms. The number of aromatic amines is 2. The van der Waals surface area contributed by atoms with E-state index in [4.69, 9.17) is 30.2 Å². The van der Waals surface area contributed by atoms with Crippen LogP contribution in [0.2, 0.25) is 0 Å². The number of nitrogens with one attached hydrogen (secondary N) is 3. The van der Waals surface area contributed by atoms with Crippen molar-refractivity contribution in [3.05, 3.63) is 33.8 Å². The van der Waals surface area contributed by atoms with Gasteiger partial charge in [0.25, 0.3) is 0 Å². The molecule has 5 N–H and O–H groups in total. The molecule has 0 aliphatic heterocycles. The van der Waals surface area contributed by atoms with Crippen molar-refractivity contribution < 1.29 is 0 Å². The molecule has 0 aliphatic rings. The summed E-state index contributed by atoms with van der Waals surface area (Å²) in [5, 5.41) is 3.04. The van der Waals surface area contributed by atoms with Crippen LogP contribution in [0.4, 0.5) is 17.3 Å². The van der Waals surface area contributed by atoms with Crippen molar-refractivity contribution in [3.8, 4) is 0 Å². The molecule has 82 valence electrons. The molecule has 2 rings (SSSR count). The van der Waals surface area contributed by atoms with Crippen LogP contribution in [0, 0.1) is 9.54 Å². The molecule has 0 amide bonds. The van der Waals surface area contributed by atoms with Crippen LogP contribution < -0.4 is 11.1 Å². The summed E-state index contributed by atoms with van der Waals surface area (Å²) in [6, 6.07) is 7.27. The smallest absolute Gasteiger partial charge is 0.209 e. The van der Waals surface area contributed by atoms with Crippen LogP contribution in [-0.2, 0) is 0 Å². The third kappa shape index (κ3) is 2.65. The third-order valence-corrected chi connectivity index (χ3v) is 2.24. The molecule has 0 saturated heterocycles. The number of hydrogen-bond donors (Lipinski definition) is 4. The van der Waals surface area contributed by atoms with E-state index in [1.54, 1.807) is 12.1 Å². The van der Waals surface area contributed by atoms with E-state index >= 15 is 0 Å². The van der Waals surface area contributed by atoms with Gasteiger partial charge in [-0.3, -0.25) is 0 Å². The van der Waals surface area contributed by atoms with Crippen molar-refractivity contribution in [2.75, 3.05) is 11.1 Å². The average molecular weight is 251 g/mol. The van der Waals surface area contributed by atoms with E-state index in [0.29, 0.717) is 21.2 Å². The molecule has 0 unspecified atom stereocenters. The number of aromatic nitrogens is 3. The number of rotatable bonds is 2. The molecule has 0 radical (unpaired) electrons. The SMILES string of the molecule is Nc1ccc(Nc2nc(=S)[nH]c(=S)[nH]2)cc1. The second-order valence-electron chi connectivity index (χ2n) is 3.09. The normalized spacial score (nSPS) is 10.0. The second kappa shape index (κ2) is 4.42. The van der Waals surface area contributed by atoms with Crippen LogP contribution in [0.3, 0.4) is 0 Å². The monoisotopic (exact) mass is 251 g/mol. The Balaban J connectivity index is 2.30. The van der Waals surface area contributed by atoms with Gasteiger partial charge in [-0.1, -0.05) is 0 Å². The number of benzene rings is 1. The van der Waals surface area contributed by atoms with Crippen LogP contribution in [0.1, 0.15) is 0 Å². The van der Waals surface area contributed by atoms with Crippen molar-refractivity contribution in [2.45, 2.75) is 0 Å². The van der Waals surface area contributed by atoms with Crippen LogP contribution in [0.25, 0.3) is 0 Å². The summed E-state index contributed by atoms with van der Waals surface area (Å²) in [5.74, 6) is 0.499. The molecular weight excluding hydrogens is 242 g/mol. The van der Waals surface area contributed by atoms with Gasteiger partial charge in [0.2, 0.25) is 10.7 Å². The summed E-state index contributed by atoms with van der Waals surface area (Å²) < 4.78 is 0.764. The van der Waals surface area contributed by atoms with E-state index in [1.807, 2.05) is 12.1 Å². The molecule has 0 aliphatic carbocycles. The minimum absolute atomic E-state index is 0.335. The second-order valence-corrected chi connectivity index (χ2v) is 3.89. The minimum atomic E-state index is 0.335. The molecule has 0 fully saturated rings. The molecule has 0 spiro atoms. The van der Waals surface area contributed by atoms with Gasteiger partial charge in [0.1, 0.15) is 0 Å². The number of nitrogens with zero attached hydrogens (tertiary/aromatic N) is 1. The van der Waals surface area contributed by atoms with Gasteiger partial charge in [-0.2, -0.15) is 4.98 Å². The zero-order chi connectivity index (χ0) is 11.5. The first kappa shape index (κ1) is 10.8. The maximum absolute atomic E-state index is 5.58. The first-order valence-corrected chi connectivity index (χ1v) is 5.28. The fourth-order valence-corrected chi connectivity index (χ4v) is 1.61. The first-order chi connectivity index (χ1) is 7.63. The van der Waals surface area contributed by atoms with Crippen molar-refractivity contribution in [3.63, 3.8) is 0 Å². The molecule has 0 bridgehead atoms. The zero-order valence-electron chi connectivity index (χ0n) is 8.15. The largest absolute Gasteiger partial charge is 0.399 e. The maximum atomic E-state index is 5.58. The van der Waals surface area contributed by atoms with Gasteiger partial charge in [0, 0.05) is 11.4 Å². The highest BCUT2D eigenvalue weighted by molar-refractivity contribution is 7.71. The lowest BCUT2D eigenvalue weighted by Crippen LogP contribution is -1.99. The molecular formula is C9H9N5S2. The lowest BCUT2D eigenvalue weighted by molar-refractivity contribution is 1.01. The fourth-order valence-electron chi connectivity index (χ4n) is 1.16. The van der Waals surface area contributed by atoms with Gasteiger partial charge in [-0.25, -0.2) is 0 Å². The van der Waals surface area contributed by atoms with Crippen molar-refractivity contribution in [1.29, 1.82) is 0 Å². The van der Waals surface area contributed by atoms with Crippen LogP contribution >= 0.6 is 24.4 Å². The summed E-state index contributed by atoms with van der Waals surface area (Å²) in [4.78, 5) is 9.61. The molecule has 0 saturated carbocycles. The Labute approximate surface area is 102 Å². The summed E-state index contributed by atoms with van der Waals surface area (Å²) in [6.07, 6.45) is 0. The third-order valence-electron chi connectivity index (χ3n) is 1.84. The van der Waals surface area contributed by atoms with Crippen LogP contribution in [-0.4, -0.2) is 15.0 Å². The van der Waals surface area contributed by atoms with E-state index in [1.165, 1.54) is 0 Å². The number of H-pyrrole nitrogens is 2. The Hall–Kier alpha value is -1.73. The van der Waals surface area contributed by atoms with Gasteiger partial charge < -0.3 is 21.0 Å². The summed E-state index contributed by atoms with van der Waals surface area (Å²) in [6.45, 7) is 0. The minimum Gasteiger partial charge on any atom is -0.399 e. The molecule has 2 aromatic rings. The Morgan fingerprint density at radius 3 is 2.44 bits per heavy atom. The average Bonchev–Trinajstić information content (AvgIpc) is 2.20. The standard InChI is InChI=1S/C9H9N5S2/c10-5-1-3-6(4-2-5)11-7-12-8(15)14-9(16)13-7/h1-4H,10H2,(H3,11,12,13,14,15,16). The molecule has 1 aromatic carbocycles. The summed E-state index contributed by atoms with van der Waals surface area (Å²) in [7, 11) is 0. The highest BCUT2D eigenvalue weighted by Gasteiger charge is 1.96. The predicted molar refractivity (Wildman–Crippen MR) is 68.7 cm³/mol. The van der Waals surface area contributed by atoms with E-state index in [0.717, 1.165) is 5.69 Å². The number of anilines is 3. The van der Waals surface area contributed by atoms with Gasteiger partial charge in [-0.15, -0.1) is 0 Å². The molecule has 16 heavy (non-hydrogen) atoms. The lowest BCUT2D eigenvalue weighted by atomic mass is 10.3. The number of nitrogen functional groups attached to an aromatic ring is 1. The molecule has 1 heterocycles. The highest BCUT2D eigenvalue weighted by atomic mass is 32.1. The number of hydrogen-bond acceptors (Lipinski definition) is 5. The quantitative estimate of drug-likeness (QED) is 0.487. The van der Waals surface area contributed by atoms with Gasteiger partial charge in [-0.05, 0) is 48.7 Å². The van der Waals surface area contributed by atoms with Crippen molar-refractivity contribution in [2.24, 2.45) is 0 Å². The predicted octanol–water partition coefficient (Wildman–Crippen LogP) is 2.52. The fraction of sp³-hybridized carbons (Fsp3) is 0. The summed E-state index contributed by atoms with van der Waals surface area (Å²) >= 11 is 9.86. The lowest BCUT2D eigenvalue weighted by Gasteiger charge is -2.04. The van der Waals surface area contributed by atoms with E-state index < -0.39 is 0 Å². The van der Waals surface area contributed by atoms with E-state index in [-0.39, 0.29) is 0 Å². The van der Waals surface area contributed by atoms with E-state index in [2.05, 4.69) is 20.3 Å². The highest BCUT2D eigenvalue weighted by Crippen LogP contribution is 2.13. The molecule has 0 atom stereocenters. The van der Waals surface area contributed by atoms with Gasteiger partial charge in [0.15, 0.2) is 4.77 Å². The van der Waals surface area contributed by atoms with Crippen molar-refractivity contribution in [1.82, 2.24) is 15.0 Å². The van der Waals surface area contributed by atoms with Crippen molar-refractivity contribution >= 4 is 41.8 Å². The molecule has 5 nitrogen and oxygen atoms in total. The Morgan fingerprint density at radius 2 is 1.81 bits per heavy atom. The summed E-state index contributed by atoms with van der Waals surface area (Å²) in [5.41, 5.74) is 7.14. The van der Waals surface area contributed by atoms with Crippen LogP contribution in [0.15, 0.2) is 24.3 Å².